The molecule has 99 valence electrons. The SMILES string of the molecule is C=CCC1(Cc2ccccc2)C(=O)NC(=S)NC1=O.[Na]. The van der Waals surface area contributed by atoms with Crippen LogP contribution < -0.4 is 10.6 Å². The maximum absolute atomic E-state index is 12.2. The Hall–Kier alpha value is -1.01. The molecule has 1 aliphatic heterocycles. The summed E-state index contributed by atoms with van der Waals surface area (Å²) in [5, 5.41) is 5.10. The van der Waals surface area contributed by atoms with Crippen LogP contribution in [0.25, 0.3) is 0 Å². The molecule has 1 saturated heterocycles. The third-order valence-electron chi connectivity index (χ3n) is 3.16. The Bertz CT molecular complexity index is 525. The van der Waals surface area contributed by atoms with Crippen LogP contribution in [0.1, 0.15) is 12.0 Å². The Morgan fingerprint density at radius 1 is 1.15 bits per heavy atom. The van der Waals surface area contributed by atoms with Gasteiger partial charge in [0.15, 0.2) is 5.11 Å². The van der Waals surface area contributed by atoms with Crippen LogP contribution in [0.2, 0.25) is 0 Å². The Balaban J connectivity index is 0.00000200. The van der Waals surface area contributed by atoms with Crippen LogP contribution in [0, 0.1) is 5.41 Å². The molecule has 2 N–H and O–H groups in total. The van der Waals surface area contributed by atoms with E-state index in [0.29, 0.717) is 6.42 Å². The second-order valence-corrected chi connectivity index (χ2v) is 4.88. The van der Waals surface area contributed by atoms with Crippen molar-refractivity contribution in [1.82, 2.24) is 10.6 Å². The van der Waals surface area contributed by atoms with Gasteiger partial charge in [-0.3, -0.25) is 9.59 Å². The molecular formula is C14H14N2NaO2S. The third kappa shape index (κ3) is 3.35. The summed E-state index contributed by atoms with van der Waals surface area (Å²) in [6.45, 7) is 3.64. The molecule has 0 atom stereocenters. The van der Waals surface area contributed by atoms with Crippen molar-refractivity contribution >= 4 is 58.7 Å². The van der Waals surface area contributed by atoms with E-state index in [2.05, 4.69) is 17.2 Å². The summed E-state index contributed by atoms with van der Waals surface area (Å²) in [6, 6.07) is 9.41. The van der Waals surface area contributed by atoms with Gasteiger partial charge in [0, 0.05) is 29.6 Å². The Kier molecular flexibility index (Phi) is 6.07. The van der Waals surface area contributed by atoms with Gasteiger partial charge in [0.25, 0.3) is 0 Å². The van der Waals surface area contributed by atoms with Crippen molar-refractivity contribution in [2.75, 3.05) is 0 Å². The molecule has 0 spiro atoms. The van der Waals surface area contributed by atoms with E-state index in [1.807, 2.05) is 30.3 Å². The fourth-order valence-corrected chi connectivity index (χ4v) is 2.37. The first-order valence-electron chi connectivity index (χ1n) is 5.90. The first-order valence-corrected chi connectivity index (χ1v) is 6.31. The fourth-order valence-electron chi connectivity index (χ4n) is 2.19. The minimum atomic E-state index is -1.18. The zero-order valence-electron chi connectivity index (χ0n) is 11.3. The summed E-state index contributed by atoms with van der Waals surface area (Å²) in [4.78, 5) is 24.4. The summed E-state index contributed by atoms with van der Waals surface area (Å²) < 4.78 is 0. The topological polar surface area (TPSA) is 58.2 Å². The van der Waals surface area contributed by atoms with E-state index >= 15 is 0 Å². The smallest absolute Gasteiger partial charge is 0.242 e. The normalized spacial score (nSPS) is 16.7. The third-order valence-corrected chi connectivity index (χ3v) is 3.37. The van der Waals surface area contributed by atoms with Crippen molar-refractivity contribution < 1.29 is 9.59 Å². The average Bonchev–Trinajstić information content (AvgIpc) is 2.37. The minimum Gasteiger partial charge on any atom is -0.302 e. The van der Waals surface area contributed by atoms with Gasteiger partial charge < -0.3 is 10.6 Å². The molecule has 4 nitrogen and oxygen atoms in total. The molecule has 0 aliphatic carbocycles. The largest absolute Gasteiger partial charge is 0.302 e. The van der Waals surface area contributed by atoms with E-state index in [0.717, 1.165) is 5.56 Å². The predicted molar refractivity (Wildman–Crippen MR) is 82.0 cm³/mol. The van der Waals surface area contributed by atoms with Gasteiger partial charge in [0.1, 0.15) is 5.41 Å². The van der Waals surface area contributed by atoms with Crippen LogP contribution in [0.3, 0.4) is 0 Å². The van der Waals surface area contributed by atoms with E-state index in [9.17, 15) is 9.59 Å². The van der Waals surface area contributed by atoms with Crippen LogP contribution in [0.15, 0.2) is 43.0 Å². The summed E-state index contributed by atoms with van der Waals surface area (Å²) in [5.41, 5.74) is -0.256. The van der Waals surface area contributed by atoms with Gasteiger partial charge in [-0.2, -0.15) is 0 Å². The summed E-state index contributed by atoms with van der Waals surface area (Å²) in [6.07, 6.45) is 2.17. The van der Waals surface area contributed by atoms with Gasteiger partial charge in [-0.15, -0.1) is 6.58 Å². The predicted octanol–water partition coefficient (Wildman–Crippen LogP) is 0.942. The van der Waals surface area contributed by atoms with Gasteiger partial charge in [0.2, 0.25) is 11.8 Å². The first-order chi connectivity index (χ1) is 9.08. The fraction of sp³-hybridized carbons (Fsp3) is 0.214. The summed E-state index contributed by atoms with van der Waals surface area (Å²) in [7, 11) is 0. The molecule has 1 fully saturated rings. The van der Waals surface area contributed by atoms with Crippen molar-refractivity contribution in [3.8, 4) is 0 Å². The van der Waals surface area contributed by atoms with Gasteiger partial charge in [-0.1, -0.05) is 36.4 Å². The number of hydrogen-bond acceptors (Lipinski definition) is 3. The van der Waals surface area contributed by atoms with Gasteiger partial charge in [-0.05, 0) is 30.6 Å². The number of thiocarbonyl (C=S) groups is 1. The van der Waals surface area contributed by atoms with Gasteiger partial charge in [0.05, 0.1) is 0 Å². The van der Waals surface area contributed by atoms with E-state index in [1.54, 1.807) is 6.08 Å². The molecule has 0 unspecified atom stereocenters. The molecule has 20 heavy (non-hydrogen) atoms. The number of carbonyl (C=O) groups is 2. The second kappa shape index (κ2) is 7.13. The molecule has 1 heterocycles. The molecule has 1 aliphatic rings. The monoisotopic (exact) mass is 297 g/mol. The van der Waals surface area contributed by atoms with Crippen molar-refractivity contribution in [2.45, 2.75) is 12.8 Å². The average molecular weight is 297 g/mol. The molecule has 0 bridgehead atoms. The molecule has 1 radical (unpaired) electrons. The molecule has 1 aromatic carbocycles. The molecule has 6 heteroatoms. The minimum absolute atomic E-state index is 0. The number of benzene rings is 1. The first kappa shape index (κ1) is 17.0. The van der Waals surface area contributed by atoms with Crippen LogP contribution in [-0.4, -0.2) is 46.5 Å². The van der Waals surface area contributed by atoms with Crippen LogP contribution in [0.4, 0.5) is 0 Å². The summed E-state index contributed by atoms with van der Waals surface area (Å²) >= 11 is 4.82. The van der Waals surface area contributed by atoms with Crippen molar-refractivity contribution in [3.63, 3.8) is 0 Å². The molecule has 0 saturated carbocycles. The number of allylic oxidation sites excluding steroid dienone is 1. The zero-order chi connectivity index (χ0) is 13.9. The summed E-state index contributed by atoms with van der Waals surface area (Å²) in [5.74, 6) is -0.741. The van der Waals surface area contributed by atoms with Crippen molar-refractivity contribution in [3.05, 3.63) is 48.6 Å². The zero-order valence-corrected chi connectivity index (χ0v) is 14.1. The van der Waals surface area contributed by atoms with Crippen LogP contribution in [0.5, 0.6) is 0 Å². The number of carbonyl (C=O) groups excluding carboxylic acids is 2. The molecule has 1 aromatic rings. The number of amides is 2. The van der Waals surface area contributed by atoms with Gasteiger partial charge >= 0.3 is 0 Å². The van der Waals surface area contributed by atoms with Gasteiger partial charge in [-0.25, -0.2) is 0 Å². The molecule has 2 rings (SSSR count). The standard InChI is InChI=1S/C14H14N2O2S.Na/c1-2-8-14(9-10-6-4-3-5-7-10)11(17)15-13(19)16-12(14)18;/h2-7H,1,8-9H2,(H2,15,16,17,18,19);. The number of hydrogen-bond donors (Lipinski definition) is 2. The van der Waals surface area contributed by atoms with E-state index < -0.39 is 5.41 Å². The molecule has 2 amide bonds. The quantitative estimate of drug-likeness (QED) is 0.376. The Morgan fingerprint density at radius 2 is 1.70 bits per heavy atom. The van der Waals surface area contributed by atoms with Crippen LogP contribution >= 0.6 is 12.2 Å². The van der Waals surface area contributed by atoms with Crippen molar-refractivity contribution in [2.24, 2.45) is 5.41 Å². The Labute approximate surface area is 145 Å². The Morgan fingerprint density at radius 3 is 2.20 bits per heavy atom. The van der Waals surface area contributed by atoms with E-state index in [4.69, 9.17) is 12.2 Å². The van der Waals surface area contributed by atoms with E-state index in [-0.39, 0.29) is 52.9 Å². The maximum atomic E-state index is 12.2. The van der Waals surface area contributed by atoms with Crippen LogP contribution in [-0.2, 0) is 16.0 Å². The molecule has 0 aromatic heterocycles. The van der Waals surface area contributed by atoms with E-state index in [1.165, 1.54) is 0 Å². The number of rotatable bonds is 4. The molecular weight excluding hydrogens is 283 g/mol. The maximum Gasteiger partial charge on any atom is 0.242 e. The number of nitrogens with one attached hydrogen (secondary N) is 2. The van der Waals surface area contributed by atoms with Crippen molar-refractivity contribution in [1.29, 1.82) is 0 Å². The second-order valence-electron chi connectivity index (χ2n) is 4.47.